The first-order valence-corrected chi connectivity index (χ1v) is 9.67. The number of carbonyl (C=O) groups excluding carboxylic acids is 2. The molecule has 2 amide bonds. The van der Waals surface area contributed by atoms with Crippen molar-refractivity contribution in [2.24, 2.45) is 5.73 Å². The molecule has 1 aromatic heterocycles. The third-order valence-electron chi connectivity index (χ3n) is 4.67. The number of nitrogens with one attached hydrogen (secondary N) is 1. The van der Waals surface area contributed by atoms with Crippen molar-refractivity contribution in [2.75, 3.05) is 5.32 Å². The van der Waals surface area contributed by atoms with E-state index in [2.05, 4.69) is 5.32 Å². The monoisotopic (exact) mass is 372 g/mol. The van der Waals surface area contributed by atoms with Crippen molar-refractivity contribution in [3.8, 4) is 5.75 Å². The SMILES string of the molecule is Cc1ccc(C)c(O[C@@H](C)C(=O)Nc2sc3c(c2C(N)=O)CCCC3)c1. The molecule has 0 aliphatic heterocycles. The summed E-state index contributed by atoms with van der Waals surface area (Å²) < 4.78 is 5.84. The molecule has 6 heteroatoms. The molecule has 0 fully saturated rings. The zero-order chi connectivity index (χ0) is 18.8. The summed E-state index contributed by atoms with van der Waals surface area (Å²) >= 11 is 1.46. The lowest BCUT2D eigenvalue weighted by Gasteiger charge is -2.16. The van der Waals surface area contributed by atoms with Crippen LogP contribution >= 0.6 is 11.3 Å². The lowest BCUT2D eigenvalue weighted by Crippen LogP contribution is -2.31. The van der Waals surface area contributed by atoms with Crippen molar-refractivity contribution in [3.05, 3.63) is 45.3 Å². The van der Waals surface area contributed by atoms with E-state index in [0.29, 0.717) is 16.3 Å². The number of benzene rings is 1. The van der Waals surface area contributed by atoms with Gasteiger partial charge < -0.3 is 15.8 Å². The molecule has 0 saturated carbocycles. The number of carbonyl (C=O) groups is 2. The van der Waals surface area contributed by atoms with E-state index in [1.165, 1.54) is 11.3 Å². The molecule has 2 aromatic rings. The Labute approximate surface area is 157 Å². The number of nitrogens with two attached hydrogens (primary N) is 1. The molecule has 138 valence electrons. The minimum absolute atomic E-state index is 0.285. The third-order valence-corrected chi connectivity index (χ3v) is 5.88. The molecule has 3 rings (SSSR count). The van der Waals surface area contributed by atoms with E-state index in [-0.39, 0.29) is 5.91 Å². The van der Waals surface area contributed by atoms with Crippen LogP contribution < -0.4 is 15.8 Å². The van der Waals surface area contributed by atoms with Gasteiger partial charge in [-0.05, 0) is 69.2 Å². The molecule has 0 saturated heterocycles. The fourth-order valence-electron chi connectivity index (χ4n) is 3.21. The van der Waals surface area contributed by atoms with E-state index >= 15 is 0 Å². The second-order valence-corrected chi connectivity index (χ2v) is 7.90. The van der Waals surface area contributed by atoms with Gasteiger partial charge in [0.15, 0.2) is 6.10 Å². The molecule has 0 radical (unpaired) electrons. The average molecular weight is 372 g/mol. The zero-order valence-electron chi connectivity index (χ0n) is 15.3. The highest BCUT2D eigenvalue weighted by Gasteiger charge is 2.26. The summed E-state index contributed by atoms with van der Waals surface area (Å²) in [4.78, 5) is 25.7. The highest BCUT2D eigenvalue weighted by atomic mass is 32.1. The Morgan fingerprint density at radius 2 is 1.96 bits per heavy atom. The predicted octanol–water partition coefficient (Wildman–Crippen LogP) is 3.75. The Morgan fingerprint density at radius 1 is 1.23 bits per heavy atom. The molecule has 5 nitrogen and oxygen atoms in total. The highest BCUT2D eigenvalue weighted by molar-refractivity contribution is 7.17. The molecule has 26 heavy (non-hydrogen) atoms. The lowest BCUT2D eigenvalue weighted by molar-refractivity contribution is -0.122. The van der Waals surface area contributed by atoms with Crippen LogP contribution in [0.25, 0.3) is 0 Å². The number of thiophene rings is 1. The van der Waals surface area contributed by atoms with E-state index in [9.17, 15) is 9.59 Å². The summed E-state index contributed by atoms with van der Waals surface area (Å²) in [5.41, 5.74) is 9.10. The Kier molecular flexibility index (Phi) is 5.32. The first-order chi connectivity index (χ1) is 12.4. The van der Waals surface area contributed by atoms with Crippen molar-refractivity contribution in [2.45, 2.75) is 52.6 Å². The van der Waals surface area contributed by atoms with Gasteiger partial charge in [0.05, 0.1) is 5.56 Å². The number of ether oxygens (including phenoxy) is 1. The number of rotatable bonds is 5. The summed E-state index contributed by atoms with van der Waals surface area (Å²) in [5.74, 6) is -0.0805. The van der Waals surface area contributed by atoms with Crippen molar-refractivity contribution in [3.63, 3.8) is 0 Å². The quantitative estimate of drug-likeness (QED) is 0.839. The van der Waals surface area contributed by atoms with Crippen molar-refractivity contribution >= 4 is 28.2 Å². The minimum Gasteiger partial charge on any atom is -0.481 e. The lowest BCUT2D eigenvalue weighted by atomic mass is 9.95. The van der Waals surface area contributed by atoms with Gasteiger partial charge in [0.25, 0.3) is 11.8 Å². The minimum atomic E-state index is -0.685. The Balaban J connectivity index is 1.78. The van der Waals surface area contributed by atoms with Crippen LogP contribution in [-0.2, 0) is 17.6 Å². The summed E-state index contributed by atoms with van der Waals surface area (Å²) in [6, 6.07) is 5.88. The highest BCUT2D eigenvalue weighted by Crippen LogP contribution is 2.38. The van der Waals surface area contributed by atoms with Crippen molar-refractivity contribution in [1.29, 1.82) is 0 Å². The van der Waals surface area contributed by atoms with Gasteiger partial charge in [-0.1, -0.05) is 12.1 Å². The van der Waals surface area contributed by atoms with Gasteiger partial charge in [0.2, 0.25) is 0 Å². The molecule has 1 heterocycles. The van der Waals surface area contributed by atoms with Gasteiger partial charge in [0.1, 0.15) is 10.8 Å². The molecule has 0 unspecified atom stereocenters. The third kappa shape index (κ3) is 3.75. The smallest absolute Gasteiger partial charge is 0.265 e. The van der Waals surface area contributed by atoms with Crippen LogP contribution in [-0.4, -0.2) is 17.9 Å². The van der Waals surface area contributed by atoms with Crippen molar-refractivity contribution in [1.82, 2.24) is 0 Å². The number of aryl methyl sites for hydroxylation is 3. The molecule has 0 bridgehead atoms. The number of anilines is 1. The maximum Gasteiger partial charge on any atom is 0.265 e. The second kappa shape index (κ2) is 7.50. The second-order valence-electron chi connectivity index (χ2n) is 6.80. The van der Waals surface area contributed by atoms with Gasteiger partial charge in [-0.25, -0.2) is 0 Å². The van der Waals surface area contributed by atoms with Crippen LogP contribution in [0.1, 0.15) is 51.7 Å². The number of amides is 2. The molecule has 3 N–H and O–H groups in total. The average Bonchev–Trinajstić information content (AvgIpc) is 2.96. The van der Waals surface area contributed by atoms with Gasteiger partial charge in [-0.2, -0.15) is 0 Å². The molecule has 0 spiro atoms. The number of fused-ring (bicyclic) bond motifs is 1. The topological polar surface area (TPSA) is 81.4 Å². The first kappa shape index (κ1) is 18.5. The summed E-state index contributed by atoms with van der Waals surface area (Å²) in [7, 11) is 0. The molecule has 1 aliphatic carbocycles. The van der Waals surface area contributed by atoms with Crippen LogP contribution in [0.4, 0.5) is 5.00 Å². The summed E-state index contributed by atoms with van der Waals surface area (Å²) in [5, 5.41) is 3.40. The van der Waals surface area contributed by atoms with E-state index in [1.807, 2.05) is 32.0 Å². The Morgan fingerprint density at radius 3 is 2.69 bits per heavy atom. The maximum absolute atomic E-state index is 12.6. The van der Waals surface area contributed by atoms with Gasteiger partial charge in [-0.3, -0.25) is 9.59 Å². The molecule has 1 atom stereocenters. The molecular formula is C20H24N2O3S. The summed E-state index contributed by atoms with van der Waals surface area (Å²) in [6.45, 7) is 5.62. The fourth-order valence-corrected chi connectivity index (χ4v) is 4.50. The Hall–Kier alpha value is -2.34. The first-order valence-electron chi connectivity index (χ1n) is 8.86. The van der Waals surface area contributed by atoms with E-state index in [0.717, 1.165) is 47.3 Å². The van der Waals surface area contributed by atoms with Crippen LogP contribution in [0, 0.1) is 13.8 Å². The van der Waals surface area contributed by atoms with E-state index in [1.54, 1.807) is 6.92 Å². The maximum atomic E-state index is 12.6. The van der Waals surface area contributed by atoms with Crippen LogP contribution in [0.2, 0.25) is 0 Å². The molecule has 1 aliphatic rings. The van der Waals surface area contributed by atoms with Crippen LogP contribution in [0.15, 0.2) is 18.2 Å². The fraction of sp³-hybridized carbons (Fsp3) is 0.400. The summed E-state index contributed by atoms with van der Waals surface area (Å²) in [6.07, 6.45) is 3.24. The largest absolute Gasteiger partial charge is 0.481 e. The normalized spacial score (nSPS) is 14.4. The number of hydrogen-bond acceptors (Lipinski definition) is 4. The van der Waals surface area contributed by atoms with Crippen LogP contribution in [0.5, 0.6) is 5.75 Å². The molecule has 1 aromatic carbocycles. The zero-order valence-corrected chi connectivity index (χ0v) is 16.2. The van der Waals surface area contributed by atoms with Gasteiger partial charge in [0, 0.05) is 4.88 Å². The van der Waals surface area contributed by atoms with Crippen LogP contribution in [0.3, 0.4) is 0 Å². The number of primary amides is 1. The molecular weight excluding hydrogens is 348 g/mol. The van der Waals surface area contributed by atoms with Crippen molar-refractivity contribution < 1.29 is 14.3 Å². The number of hydrogen-bond donors (Lipinski definition) is 2. The van der Waals surface area contributed by atoms with E-state index in [4.69, 9.17) is 10.5 Å². The van der Waals surface area contributed by atoms with E-state index < -0.39 is 12.0 Å². The standard InChI is InChI=1S/C20H24N2O3S/c1-11-8-9-12(2)15(10-11)25-13(3)19(24)22-20-17(18(21)23)14-6-4-5-7-16(14)26-20/h8-10,13H,4-7H2,1-3H3,(H2,21,23)(H,22,24)/t13-/m0/s1. The van der Waals surface area contributed by atoms with Gasteiger partial charge >= 0.3 is 0 Å². The van der Waals surface area contributed by atoms with Gasteiger partial charge in [-0.15, -0.1) is 11.3 Å². The Bertz CT molecular complexity index is 857. The predicted molar refractivity (Wildman–Crippen MR) is 104 cm³/mol.